The molecule has 3 rings (SSSR count). The van der Waals surface area contributed by atoms with E-state index in [1.54, 1.807) is 0 Å². The minimum atomic E-state index is -3.54. The van der Waals surface area contributed by atoms with Crippen LogP contribution < -0.4 is 10.6 Å². The molecule has 2 heterocycles. The molecule has 0 aliphatic carbocycles. The molecule has 6 nitrogen and oxygen atoms in total. The molecule has 0 unspecified atom stereocenters. The van der Waals surface area contributed by atoms with Gasteiger partial charge in [0.25, 0.3) is 0 Å². The first-order chi connectivity index (χ1) is 12.2. The van der Waals surface area contributed by atoms with Crippen LogP contribution in [0.3, 0.4) is 0 Å². The van der Waals surface area contributed by atoms with Crippen molar-refractivity contribution in [3.63, 3.8) is 0 Å². The topological polar surface area (TPSA) is 88.2 Å². The molecule has 9 heteroatoms. The van der Waals surface area contributed by atoms with Gasteiger partial charge < -0.3 is 10.6 Å². The number of thiazole rings is 1. The van der Waals surface area contributed by atoms with Crippen molar-refractivity contribution in [1.82, 2.24) is 10.3 Å². The van der Waals surface area contributed by atoms with E-state index < -0.39 is 20.5 Å². The van der Waals surface area contributed by atoms with Gasteiger partial charge in [0, 0.05) is 17.2 Å². The number of anilines is 1. The molecule has 1 fully saturated rings. The van der Waals surface area contributed by atoms with Gasteiger partial charge in [-0.05, 0) is 45.3 Å². The van der Waals surface area contributed by atoms with Crippen LogP contribution in [0, 0.1) is 13.8 Å². The number of nitrogens with zero attached hydrogens (tertiary/aromatic N) is 1. The molecule has 1 amide bonds. The summed E-state index contributed by atoms with van der Waals surface area (Å²) in [4.78, 5) is 17.3. The molecule has 2 aromatic rings. The summed E-state index contributed by atoms with van der Waals surface area (Å²) in [6.45, 7) is 5.07. The maximum absolute atomic E-state index is 12.8. The summed E-state index contributed by atoms with van der Waals surface area (Å²) in [6.07, 6.45) is 1.68. The third-order valence-electron chi connectivity index (χ3n) is 4.92. The van der Waals surface area contributed by atoms with E-state index in [-0.39, 0.29) is 25.2 Å². The Hall–Kier alpha value is -1.48. The number of aromatic nitrogens is 1. The number of aryl methyl sites for hydroxylation is 2. The number of benzene rings is 1. The summed E-state index contributed by atoms with van der Waals surface area (Å²) in [7, 11) is -3.54. The zero-order valence-electron chi connectivity index (χ0n) is 15.5. The highest BCUT2D eigenvalue weighted by Crippen LogP contribution is 2.32. The van der Waals surface area contributed by atoms with Crippen molar-refractivity contribution in [2.75, 3.05) is 24.7 Å². The van der Waals surface area contributed by atoms with Crippen LogP contribution in [-0.2, 0) is 14.6 Å². The summed E-state index contributed by atoms with van der Waals surface area (Å²) >= 11 is 1.31. The quantitative estimate of drug-likeness (QED) is 0.780. The maximum Gasteiger partial charge on any atom is 0.247 e. The van der Waals surface area contributed by atoms with E-state index in [1.165, 1.54) is 16.9 Å². The van der Waals surface area contributed by atoms with E-state index in [2.05, 4.69) is 21.7 Å². The number of rotatable bonds is 4. The number of hydrogen-bond acceptors (Lipinski definition) is 6. The van der Waals surface area contributed by atoms with E-state index >= 15 is 0 Å². The van der Waals surface area contributed by atoms with Gasteiger partial charge in [0.2, 0.25) is 5.91 Å². The van der Waals surface area contributed by atoms with Gasteiger partial charge in [0.1, 0.15) is 0 Å². The summed E-state index contributed by atoms with van der Waals surface area (Å²) in [5.41, 5.74) is 4.07. The molecule has 1 saturated heterocycles. The SMILES string of the molecule is Cc1ccc(-c2csc(NC(=O)C3(S(C)(=O)=O)CCNCC3)n2)c(C)c1.Cl. The first kappa shape index (κ1) is 21.8. The molecule has 1 aromatic heterocycles. The molecule has 27 heavy (non-hydrogen) atoms. The molecular weight excluding hydrogens is 406 g/mol. The standard InChI is InChI=1S/C18H23N3O3S2.ClH/c1-12-4-5-14(13(2)10-12)15-11-25-17(20-15)21-16(22)18(26(3,23)24)6-8-19-9-7-18;/h4-5,10-11,19H,6-9H2,1-3H3,(H,20,21,22);1H. The molecule has 1 aliphatic rings. The fourth-order valence-electron chi connectivity index (χ4n) is 3.36. The molecule has 0 spiro atoms. The summed E-state index contributed by atoms with van der Waals surface area (Å²) < 4.78 is 23.3. The Balaban J connectivity index is 0.00000261. The second-order valence-electron chi connectivity index (χ2n) is 6.83. The van der Waals surface area contributed by atoms with Crippen LogP contribution in [0.25, 0.3) is 11.3 Å². The maximum atomic E-state index is 12.8. The Bertz CT molecular complexity index is 935. The van der Waals surface area contributed by atoms with E-state index in [4.69, 9.17) is 0 Å². The molecule has 0 saturated carbocycles. The zero-order valence-corrected chi connectivity index (χ0v) is 18.0. The van der Waals surface area contributed by atoms with Crippen molar-refractivity contribution in [3.05, 3.63) is 34.7 Å². The summed E-state index contributed by atoms with van der Waals surface area (Å²) in [5.74, 6) is -0.483. The average molecular weight is 430 g/mol. The number of carbonyl (C=O) groups is 1. The number of hydrogen-bond donors (Lipinski definition) is 2. The molecule has 1 aliphatic heterocycles. The Labute approximate surface area is 170 Å². The van der Waals surface area contributed by atoms with Gasteiger partial charge in [-0.3, -0.25) is 4.79 Å². The minimum Gasteiger partial charge on any atom is -0.317 e. The second-order valence-corrected chi connectivity index (χ2v) is 10.0. The zero-order chi connectivity index (χ0) is 18.9. The van der Waals surface area contributed by atoms with Crippen LogP contribution in [0.15, 0.2) is 23.6 Å². The van der Waals surface area contributed by atoms with Crippen LogP contribution in [0.1, 0.15) is 24.0 Å². The van der Waals surface area contributed by atoms with Gasteiger partial charge in [0.05, 0.1) is 5.69 Å². The van der Waals surface area contributed by atoms with E-state index in [0.29, 0.717) is 18.2 Å². The van der Waals surface area contributed by atoms with Crippen molar-refractivity contribution >= 4 is 44.6 Å². The van der Waals surface area contributed by atoms with Gasteiger partial charge in [-0.15, -0.1) is 23.7 Å². The molecule has 0 atom stereocenters. The third-order valence-corrected chi connectivity index (χ3v) is 7.69. The lowest BCUT2D eigenvalue weighted by Crippen LogP contribution is -2.55. The Morgan fingerprint density at radius 3 is 2.52 bits per heavy atom. The fourth-order valence-corrected chi connectivity index (χ4v) is 5.40. The lowest BCUT2D eigenvalue weighted by molar-refractivity contribution is -0.119. The minimum absolute atomic E-state index is 0. The van der Waals surface area contributed by atoms with Crippen LogP contribution in [0.4, 0.5) is 5.13 Å². The van der Waals surface area contributed by atoms with E-state index in [0.717, 1.165) is 23.1 Å². The van der Waals surface area contributed by atoms with Crippen molar-refractivity contribution in [1.29, 1.82) is 0 Å². The van der Waals surface area contributed by atoms with Crippen molar-refractivity contribution < 1.29 is 13.2 Å². The second kappa shape index (κ2) is 8.26. The molecular formula is C18H24ClN3O3S2. The Kier molecular flexibility index (Phi) is 6.68. The first-order valence-corrected chi connectivity index (χ1v) is 11.2. The van der Waals surface area contributed by atoms with Crippen LogP contribution in [0.2, 0.25) is 0 Å². The lowest BCUT2D eigenvalue weighted by atomic mass is 9.96. The van der Waals surface area contributed by atoms with Gasteiger partial charge >= 0.3 is 0 Å². The number of amides is 1. The molecule has 148 valence electrons. The number of halogens is 1. The van der Waals surface area contributed by atoms with Gasteiger partial charge in [-0.1, -0.05) is 23.8 Å². The number of nitrogens with one attached hydrogen (secondary N) is 2. The van der Waals surface area contributed by atoms with Crippen molar-refractivity contribution in [2.24, 2.45) is 0 Å². The molecule has 0 bridgehead atoms. The van der Waals surface area contributed by atoms with Crippen molar-refractivity contribution in [3.8, 4) is 11.3 Å². The average Bonchev–Trinajstić information content (AvgIpc) is 3.02. The molecule has 0 radical (unpaired) electrons. The number of piperidine rings is 1. The highest BCUT2D eigenvalue weighted by Gasteiger charge is 2.48. The predicted molar refractivity (Wildman–Crippen MR) is 113 cm³/mol. The molecule has 1 aromatic carbocycles. The van der Waals surface area contributed by atoms with E-state index in [9.17, 15) is 13.2 Å². The number of carbonyl (C=O) groups excluding carboxylic acids is 1. The van der Waals surface area contributed by atoms with Crippen LogP contribution >= 0.6 is 23.7 Å². The van der Waals surface area contributed by atoms with Gasteiger partial charge in [0.15, 0.2) is 19.7 Å². The number of sulfone groups is 1. The normalized spacial score (nSPS) is 16.4. The Morgan fingerprint density at radius 1 is 1.26 bits per heavy atom. The predicted octanol–water partition coefficient (Wildman–Crippen LogP) is 2.95. The highest BCUT2D eigenvalue weighted by molar-refractivity contribution is 7.92. The van der Waals surface area contributed by atoms with Crippen LogP contribution in [0.5, 0.6) is 0 Å². The monoisotopic (exact) mass is 429 g/mol. The third kappa shape index (κ3) is 4.34. The lowest BCUT2D eigenvalue weighted by Gasteiger charge is -2.33. The molecule has 2 N–H and O–H groups in total. The Morgan fingerprint density at radius 2 is 1.93 bits per heavy atom. The van der Waals surface area contributed by atoms with Gasteiger partial charge in [-0.25, -0.2) is 13.4 Å². The first-order valence-electron chi connectivity index (χ1n) is 8.48. The summed E-state index contributed by atoms with van der Waals surface area (Å²) in [5, 5.41) is 8.15. The largest absolute Gasteiger partial charge is 0.317 e. The van der Waals surface area contributed by atoms with Crippen molar-refractivity contribution in [2.45, 2.75) is 31.4 Å². The van der Waals surface area contributed by atoms with Crippen LogP contribution in [-0.4, -0.2) is 43.4 Å². The van der Waals surface area contributed by atoms with Gasteiger partial charge in [-0.2, -0.15) is 0 Å². The summed E-state index contributed by atoms with van der Waals surface area (Å²) in [6, 6.07) is 6.12. The van der Waals surface area contributed by atoms with E-state index in [1.807, 2.05) is 31.4 Å². The highest BCUT2D eigenvalue weighted by atomic mass is 35.5. The fraction of sp³-hybridized carbons (Fsp3) is 0.444. The smallest absolute Gasteiger partial charge is 0.247 e.